The summed E-state index contributed by atoms with van der Waals surface area (Å²) in [6.07, 6.45) is -1.24. The third-order valence-electron chi connectivity index (χ3n) is 4.15. The molecule has 4 unspecified atom stereocenters. The molecule has 0 saturated carbocycles. The van der Waals surface area contributed by atoms with Crippen molar-refractivity contribution in [1.29, 1.82) is 0 Å². The predicted molar refractivity (Wildman–Crippen MR) is 121 cm³/mol. The van der Waals surface area contributed by atoms with E-state index in [2.05, 4.69) is 33.6 Å². The van der Waals surface area contributed by atoms with Crippen LogP contribution in [0, 0.1) is 0 Å². The molecule has 0 aromatic heterocycles. The van der Waals surface area contributed by atoms with Crippen molar-refractivity contribution in [2.75, 3.05) is 12.3 Å². The van der Waals surface area contributed by atoms with Gasteiger partial charge in [-0.05, 0) is 12.8 Å². The third-order valence-corrected chi connectivity index (χ3v) is 4.51. The summed E-state index contributed by atoms with van der Waals surface area (Å²) in [5.74, 6) is -7.02. The quantitative estimate of drug-likeness (QED) is 0.0410. The van der Waals surface area contributed by atoms with Crippen molar-refractivity contribution in [2.24, 2.45) is 27.9 Å². The molecule has 0 aromatic rings. The maximum Gasteiger partial charge on any atom is 0.326 e. The summed E-state index contributed by atoms with van der Waals surface area (Å²) in [5, 5.41) is 24.6. The normalized spacial score (nSPS) is 13.9. The molecule has 4 atom stereocenters. The summed E-state index contributed by atoms with van der Waals surface area (Å²) in [5.41, 5.74) is 20.9. The van der Waals surface area contributed by atoms with Crippen LogP contribution < -0.4 is 38.9 Å². The fourth-order valence-corrected chi connectivity index (χ4v) is 2.73. The Morgan fingerprint density at radius 3 is 1.82 bits per heavy atom. The number of guanidine groups is 1. The molecule has 0 fully saturated rings. The Labute approximate surface area is 199 Å². The third kappa shape index (κ3) is 12.4. The highest BCUT2D eigenvalue weighted by Crippen LogP contribution is 2.03. The van der Waals surface area contributed by atoms with Crippen LogP contribution in [-0.2, 0) is 28.8 Å². The smallest absolute Gasteiger partial charge is 0.326 e. The maximum atomic E-state index is 12.6. The topological polar surface area (TPSA) is 295 Å². The number of primary amides is 1. The Morgan fingerprint density at radius 1 is 0.824 bits per heavy atom. The van der Waals surface area contributed by atoms with E-state index in [0.29, 0.717) is 0 Å². The number of nitrogens with one attached hydrogen (secondary N) is 3. The van der Waals surface area contributed by atoms with Crippen LogP contribution >= 0.6 is 12.6 Å². The van der Waals surface area contributed by atoms with Crippen molar-refractivity contribution in [2.45, 2.75) is 49.9 Å². The second-order valence-corrected chi connectivity index (χ2v) is 7.39. The Morgan fingerprint density at radius 2 is 1.35 bits per heavy atom. The van der Waals surface area contributed by atoms with Gasteiger partial charge in [0, 0.05) is 12.3 Å². The van der Waals surface area contributed by atoms with Gasteiger partial charge in [0.1, 0.15) is 18.1 Å². The Hall–Kier alpha value is -3.60. The molecule has 34 heavy (non-hydrogen) atoms. The SMILES string of the molecule is NC(=O)CC(NC(=O)C(CCCN=C(N)N)NC(=O)C(CS)NC(=O)C(N)CC(=O)O)C(=O)O. The zero-order valence-corrected chi connectivity index (χ0v) is 19.0. The zero-order chi connectivity index (χ0) is 26.4. The lowest BCUT2D eigenvalue weighted by Crippen LogP contribution is -2.58. The van der Waals surface area contributed by atoms with Gasteiger partial charge < -0.3 is 49.1 Å². The van der Waals surface area contributed by atoms with Gasteiger partial charge in [-0.2, -0.15) is 12.6 Å². The molecule has 0 rings (SSSR count). The van der Waals surface area contributed by atoms with Gasteiger partial charge in [0.15, 0.2) is 5.96 Å². The van der Waals surface area contributed by atoms with E-state index in [9.17, 15) is 33.9 Å². The molecular formula is C17H30N8O8S. The molecule has 13 N–H and O–H groups in total. The number of carboxylic acid groups (broad SMARTS) is 2. The molecule has 192 valence electrons. The molecule has 0 bridgehead atoms. The summed E-state index contributed by atoms with van der Waals surface area (Å²) in [6.45, 7) is 0.0857. The summed E-state index contributed by atoms with van der Waals surface area (Å²) < 4.78 is 0. The first-order chi connectivity index (χ1) is 15.8. The molecule has 16 nitrogen and oxygen atoms in total. The number of amides is 4. The number of rotatable bonds is 16. The highest BCUT2D eigenvalue weighted by atomic mass is 32.1. The van der Waals surface area contributed by atoms with E-state index < -0.39 is 72.6 Å². The first kappa shape index (κ1) is 30.4. The minimum atomic E-state index is -1.64. The van der Waals surface area contributed by atoms with Crippen LogP contribution in [0.25, 0.3) is 0 Å². The van der Waals surface area contributed by atoms with Gasteiger partial charge in [-0.25, -0.2) is 4.79 Å². The van der Waals surface area contributed by atoms with E-state index in [1.165, 1.54) is 0 Å². The molecular weight excluding hydrogens is 476 g/mol. The van der Waals surface area contributed by atoms with Crippen molar-refractivity contribution in [1.82, 2.24) is 16.0 Å². The minimum absolute atomic E-state index is 0.0525. The first-order valence-corrected chi connectivity index (χ1v) is 10.5. The van der Waals surface area contributed by atoms with Crippen LogP contribution in [0.3, 0.4) is 0 Å². The second kappa shape index (κ2) is 15.3. The predicted octanol–water partition coefficient (Wildman–Crippen LogP) is -4.81. The van der Waals surface area contributed by atoms with E-state index in [4.69, 9.17) is 28.0 Å². The fourth-order valence-electron chi connectivity index (χ4n) is 2.47. The highest BCUT2D eigenvalue weighted by Gasteiger charge is 2.30. The van der Waals surface area contributed by atoms with Crippen molar-refractivity contribution < 1.29 is 39.0 Å². The summed E-state index contributed by atoms with van der Waals surface area (Å²) in [7, 11) is 0. The van der Waals surface area contributed by atoms with Gasteiger partial charge in [0.05, 0.1) is 18.9 Å². The zero-order valence-electron chi connectivity index (χ0n) is 18.1. The van der Waals surface area contributed by atoms with Gasteiger partial charge in [-0.15, -0.1) is 0 Å². The van der Waals surface area contributed by atoms with Gasteiger partial charge in [0.25, 0.3) is 0 Å². The van der Waals surface area contributed by atoms with Gasteiger partial charge in [0.2, 0.25) is 23.6 Å². The Kier molecular flexibility index (Phi) is 13.7. The van der Waals surface area contributed by atoms with Crippen LogP contribution in [-0.4, -0.2) is 88.2 Å². The Bertz CT molecular complexity index is 804. The number of nitrogens with two attached hydrogens (primary N) is 4. The molecule has 0 aliphatic carbocycles. The number of aliphatic imine (C=N–C) groups is 1. The lowest BCUT2D eigenvalue weighted by Gasteiger charge is -2.24. The lowest BCUT2D eigenvalue weighted by molar-refractivity contribution is -0.143. The molecule has 0 aliphatic heterocycles. The second-order valence-electron chi connectivity index (χ2n) is 7.03. The monoisotopic (exact) mass is 506 g/mol. The fraction of sp³-hybridized carbons (Fsp3) is 0.588. The van der Waals surface area contributed by atoms with Crippen LogP contribution in [0.15, 0.2) is 4.99 Å². The molecule has 0 heterocycles. The number of nitrogens with zero attached hydrogens (tertiary/aromatic N) is 1. The van der Waals surface area contributed by atoms with Crippen LogP contribution in [0.5, 0.6) is 0 Å². The lowest BCUT2D eigenvalue weighted by atomic mass is 10.1. The molecule has 4 amide bonds. The average Bonchev–Trinajstić information content (AvgIpc) is 2.71. The summed E-state index contributed by atoms with van der Waals surface area (Å²) >= 11 is 3.96. The first-order valence-electron chi connectivity index (χ1n) is 9.84. The minimum Gasteiger partial charge on any atom is -0.481 e. The number of hydrogen-bond acceptors (Lipinski definition) is 9. The molecule has 0 aliphatic rings. The summed E-state index contributed by atoms with van der Waals surface area (Å²) in [4.78, 5) is 74.1. The molecule has 17 heteroatoms. The van der Waals surface area contributed by atoms with Crippen molar-refractivity contribution in [3.63, 3.8) is 0 Å². The molecule has 0 spiro atoms. The van der Waals surface area contributed by atoms with Crippen LogP contribution in [0.2, 0.25) is 0 Å². The number of carbonyl (C=O) groups excluding carboxylic acids is 4. The number of hydrogen-bond donors (Lipinski definition) is 10. The highest BCUT2D eigenvalue weighted by molar-refractivity contribution is 7.80. The number of carbonyl (C=O) groups is 6. The Balaban J connectivity index is 5.43. The summed E-state index contributed by atoms with van der Waals surface area (Å²) in [6, 6.07) is -5.69. The van der Waals surface area contributed by atoms with E-state index in [0.717, 1.165) is 0 Å². The van der Waals surface area contributed by atoms with Crippen molar-refractivity contribution in [3.05, 3.63) is 0 Å². The van der Waals surface area contributed by atoms with E-state index >= 15 is 0 Å². The number of thiol groups is 1. The van der Waals surface area contributed by atoms with Gasteiger partial charge in [-0.3, -0.25) is 29.0 Å². The van der Waals surface area contributed by atoms with Crippen molar-refractivity contribution >= 4 is 54.2 Å². The standard InChI is InChI=1S/C17H30N8O8S/c18-7(4-12(27)28)13(29)25-10(6-34)15(31)23-8(2-1-3-22-17(20)21)14(30)24-9(16(32)33)5-11(19)26/h7-10,34H,1-6,18H2,(H2,19,26)(H,23,31)(H,24,30)(H,25,29)(H,27,28)(H,32,33)(H4,20,21,22). The molecule has 0 aromatic carbocycles. The average molecular weight is 507 g/mol. The van der Waals surface area contributed by atoms with Crippen LogP contribution in [0.1, 0.15) is 25.7 Å². The maximum absolute atomic E-state index is 12.6. The number of carboxylic acids is 2. The van der Waals surface area contributed by atoms with E-state index in [1.807, 2.05) is 0 Å². The molecule has 0 radical (unpaired) electrons. The number of aliphatic carboxylic acids is 2. The van der Waals surface area contributed by atoms with Gasteiger partial charge >= 0.3 is 11.9 Å². The van der Waals surface area contributed by atoms with Gasteiger partial charge in [-0.1, -0.05) is 0 Å². The van der Waals surface area contributed by atoms with E-state index in [-0.39, 0.29) is 31.1 Å². The van der Waals surface area contributed by atoms with E-state index in [1.54, 1.807) is 0 Å². The largest absolute Gasteiger partial charge is 0.481 e. The van der Waals surface area contributed by atoms with Crippen LogP contribution in [0.4, 0.5) is 0 Å². The molecule has 0 saturated heterocycles. The van der Waals surface area contributed by atoms with Crippen molar-refractivity contribution in [3.8, 4) is 0 Å².